The van der Waals surface area contributed by atoms with E-state index in [4.69, 9.17) is 5.73 Å². The lowest BCUT2D eigenvalue weighted by Gasteiger charge is -2.32. The lowest BCUT2D eigenvalue weighted by atomic mass is 10.0. The molecular formula is C16H19N3. The highest BCUT2D eigenvalue weighted by Gasteiger charge is 2.30. The Labute approximate surface area is 114 Å². The maximum absolute atomic E-state index is 6.22. The first kappa shape index (κ1) is 12.2. The third kappa shape index (κ3) is 2.22. The normalized spacial score (nSPS) is 17.1. The number of hydrogen-bond donors (Lipinski definition) is 1. The Kier molecular flexibility index (Phi) is 3.22. The highest BCUT2D eigenvalue weighted by atomic mass is 15.2. The van der Waals surface area contributed by atoms with E-state index in [0.29, 0.717) is 0 Å². The van der Waals surface area contributed by atoms with Gasteiger partial charge < -0.3 is 10.6 Å². The fourth-order valence-electron chi connectivity index (χ4n) is 2.92. The van der Waals surface area contributed by atoms with Gasteiger partial charge in [-0.1, -0.05) is 24.3 Å². The van der Waals surface area contributed by atoms with Crippen LogP contribution in [0.15, 0.2) is 48.7 Å². The Bertz CT molecular complexity index is 551. The van der Waals surface area contributed by atoms with Crippen molar-refractivity contribution in [3.63, 3.8) is 0 Å². The molecule has 3 nitrogen and oxygen atoms in total. The smallest absolute Gasteiger partial charge is 0.0861 e. The first-order valence-corrected chi connectivity index (χ1v) is 6.78. The van der Waals surface area contributed by atoms with Crippen molar-refractivity contribution in [2.75, 3.05) is 11.4 Å². The van der Waals surface area contributed by atoms with Crippen molar-refractivity contribution >= 4 is 5.69 Å². The molecule has 0 saturated heterocycles. The number of fused-ring (bicyclic) bond motifs is 1. The van der Waals surface area contributed by atoms with Gasteiger partial charge in [0.1, 0.15) is 0 Å². The molecule has 0 bridgehead atoms. The van der Waals surface area contributed by atoms with Crippen LogP contribution in [-0.2, 0) is 6.42 Å². The van der Waals surface area contributed by atoms with E-state index in [0.717, 1.165) is 18.7 Å². The minimum Gasteiger partial charge on any atom is -0.361 e. The fraction of sp³-hybridized carbons (Fsp3) is 0.312. The second kappa shape index (κ2) is 5.02. The third-order valence-electron chi connectivity index (χ3n) is 3.75. The zero-order valence-corrected chi connectivity index (χ0v) is 11.2. The number of anilines is 1. The molecule has 2 unspecified atom stereocenters. The minimum atomic E-state index is 0.0426. The monoisotopic (exact) mass is 253 g/mol. The standard InChI is InChI=1S/C16H19N3/c1-12(17)16(14-7-4-5-10-18-14)19-11-9-13-6-2-3-8-15(13)19/h2-8,10,12,16H,9,11,17H2,1H3. The van der Waals surface area contributed by atoms with E-state index in [2.05, 4.69) is 47.1 Å². The molecule has 0 spiro atoms. The molecule has 2 heterocycles. The first-order valence-electron chi connectivity index (χ1n) is 6.78. The van der Waals surface area contributed by atoms with Crippen molar-refractivity contribution in [2.24, 2.45) is 5.73 Å². The molecule has 2 aromatic rings. The van der Waals surface area contributed by atoms with Crippen molar-refractivity contribution in [2.45, 2.75) is 25.4 Å². The summed E-state index contributed by atoms with van der Waals surface area (Å²) in [6, 6.07) is 14.8. The summed E-state index contributed by atoms with van der Waals surface area (Å²) >= 11 is 0. The SMILES string of the molecule is CC(N)C(c1ccccn1)N1CCc2ccccc21. The first-order chi connectivity index (χ1) is 9.27. The van der Waals surface area contributed by atoms with E-state index in [9.17, 15) is 0 Å². The molecule has 0 fully saturated rings. The molecule has 19 heavy (non-hydrogen) atoms. The van der Waals surface area contributed by atoms with Crippen LogP contribution in [0.1, 0.15) is 24.2 Å². The highest BCUT2D eigenvalue weighted by Crippen LogP contribution is 2.35. The number of hydrogen-bond acceptors (Lipinski definition) is 3. The average molecular weight is 253 g/mol. The average Bonchev–Trinajstić information content (AvgIpc) is 2.84. The topological polar surface area (TPSA) is 42.1 Å². The molecule has 1 aliphatic heterocycles. The van der Waals surface area contributed by atoms with Gasteiger partial charge in [0, 0.05) is 24.5 Å². The van der Waals surface area contributed by atoms with Gasteiger partial charge in [-0.25, -0.2) is 0 Å². The van der Waals surface area contributed by atoms with Crippen LogP contribution in [-0.4, -0.2) is 17.6 Å². The molecule has 3 rings (SSSR count). The van der Waals surface area contributed by atoms with Crippen molar-refractivity contribution < 1.29 is 0 Å². The Morgan fingerprint density at radius 3 is 2.68 bits per heavy atom. The third-order valence-corrected chi connectivity index (χ3v) is 3.75. The summed E-state index contributed by atoms with van der Waals surface area (Å²) < 4.78 is 0. The maximum atomic E-state index is 6.22. The summed E-state index contributed by atoms with van der Waals surface area (Å²) in [5, 5.41) is 0. The number of nitrogens with two attached hydrogens (primary N) is 1. The molecule has 98 valence electrons. The maximum Gasteiger partial charge on any atom is 0.0861 e. The van der Waals surface area contributed by atoms with Crippen molar-refractivity contribution in [3.8, 4) is 0 Å². The van der Waals surface area contributed by atoms with E-state index < -0.39 is 0 Å². The van der Waals surface area contributed by atoms with Crippen LogP contribution in [0.4, 0.5) is 5.69 Å². The van der Waals surface area contributed by atoms with Gasteiger partial charge in [0.05, 0.1) is 11.7 Å². The number of para-hydroxylation sites is 1. The molecule has 3 heteroatoms. The summed E-state index contributed by atoms with van der Waals surface area (Å²) in [6.07, 6.45) is 2.93. The molecule has 2 atom stereocenters. The van der Waals surface area contributed by atoms with E-state index in [1.165, 1.54) is 11.3 Å². The second-order valence-electron chi connectivity index (χ2n) is 5.13. The lowest BCUT2D eigenvalue weighted by Crippen LogP contribution is -2.39. The van der Waals surface area contributed by atoms with E-state index >= 15 is 0 Å². The predicted molar refractivity (Wildman–Crippen MR) is 78.1 cm³/mol. The summed E-state index contributed by atoms with van der Waals surface area (Å²) in [7, 11) is 0. The Hall–Kier alpha value is -1.87. The Morgan fingerprint density at radius 2 is 1.95 bits per heavy atom. The second-order valence-corrected chi connectivity index (χ2v) is 5.13. The highest BCUT2D eigenvalue weighted by molar-refractivity contribution is 5.59. The van der Waals surface area contributed by atoms with Gasteiger partial charge in [0.25, 0.3) is 0 Å². The van der Waals surface area contributed by atoms with Gasteiger partial charge in [-0.15, -0.1) is 0 Å². The van der Waals surface area contributed by atoms with Crippen LogP contribution in [0.2, 0.25) is 0 Å². The van der Waals surface area contributed by atoms with Crippen molar-refractivity contribution in [1.82, 2.24) is 4.98 Å². The summed E-state index contributed by atoms with van der Waals surface area (Å²) in [5.74, 6) is 0. The molecule has 1 aromatic heterocycles. The summed E-state index contributed by atoms with van der Waals surface area (Å²) in [4.78, 5) is 6.89. The molecule has 0 amide bonds. The fourth-order valence-corrected chi connectivity index (χ4v) is 2.92. The summed E-state index contributed by atoms with van der Waals surface area (Å²) in [5.41, 5.74) is 9.98. The number of benzene rings is 1. The van der Waals surface area contributed by atoms with Gasteiger partial charge in [0.15, 0.2) is 0 Å². The van der Waals surface area contributed by atoms with Crippen molar-refractivity contribution in [1.29, 1.82) is 0 Å². The predicted octanol–water partition coefficient (Wildman–Crippen LogP) is 2.53. The van der Waals surface area contributed by atoms with Gasteiger partial charge in [-0.2, -0.15) is 0 Å². The molecule has 1 aliphatic rings. The molecule has 1 aromatic carbocycles. The molecule has 0 aliphatic carbocycles. The Balaban J connectivity index is 1.99. The number of pyridine rings is 1. The number of nitrogens with zero attached hydrogens (tertiary/aromatic N) is 2. The number of rotatable bonds is 3. The molecule has 2 N–H and O–H groups in total. The van der Waals surface area contributed by atoms with Crippen LogP contribution >= 0.6 is 0 Å². The summed E-state index contributed by atoms with van der Waals surface area (Å²) in [6.45, 7) is 3.07. The minimum absolute atomic E-state index is 0.0426. The molecular weight excluding hydrogens is 234 g/mol. The lowest BCUT2D eigenvalue weighted by molar-refractivity contribution is 0.530. The zero-order chi connectivity index (χ0) is 13.2. The van der Waals surface area contributed by atoms with Crippen LogP contribution in [0.25, 0.3) is 0 Å². The van der Waals surface area contributed by atoms with E-state index in [-0.39, 0.29) is 12.1 Å². The van der Waals surface area contributed by atoms with Gasteiger partial charge >= 0.3 is 0 Å². The molecule has 0 saturated carbocycles. The van der Waals surface area contributed by atoms with Crippen LogP contribution < -0.4 is 10.6 Å². The largest absolute Gasteiger partial charge is 0.361 e. The Morgan fingerprint density at radius 1 is 1.16 bits per heavy atom. The van der Waals surface area contributed by atoms with Gasteiger partial charge in [-0.3, -0.25) is 4.98 Å². The quantitative estimate of drug-likeness (QED) is 0.914. The van der Waals surface area contributed by atoms with Gasteiger partial charge in [0.2, 0.25) is 0 Å². The van der Waals surface area contributed by atoms with E-state index in [1.54, 1.807) is 0 Å². The zero-order valence-electron chi connectivity index (χ0n) is 11.2. The number of aromatic nitrogens is 1. The van der Waals surface area contributed by atoms with E-state index in [1.807, 2.05) is 18.3 Å². The van der Waals surface area contributed by atoms with Crippen LogP contribution in [0.5, 0.6) is 0 Å². The van der Waals surface area contributed by atoms with Crippen molar-refractivity contribution in [3.05, 3.63) is 59.9 Å². The van der Waals surface area contributed by atoms with Crippen LogP contribution in [0, 0.1) is 0 Å². The van der Waals surface area contributed by atoms with Gasteiger partial charge in [-0.05, 0) is 37.1 Å². The molecule has 0 radical (unpaired) electrons. The van der Waals surface area contributed by atoms with Crippen LogP contribution in [0.3, 0.4) is 0 Å².